The Morgan fingerprint density at radius 3 is 2.23 bits per heavy atom. The number of aryl methyl sites for hydroxylation is 2. The summed E-state index contributed by atoms with van der Waals surface area (Å²) in [5, 5.41) is 7.15. The molecule has 0 aliphatic rings. The molecule has 4 rings (SSSR count). The first-order valence-corrected chi connectivity index (χ1v) is 11.2. The maximum Gasteiger partial charge on any atom is 0.287 e. The molecule has 1 atom stereocenters. The number of nitrogens with two attached hydrogens (primary N) is 1. The van der Waals surface area contributed by atoms with Gasteiger partial charge < -0.3 is 11.1 Å². The van der Waals surface area contributed by atoms with Crippen LogP contribution in [0.2, 0.25) is 0 Å². The second kappa shape index (κ2) is 10.2. The van der Waals surface area contributed by atoms with E-state index in [1.165, 1.54) is 10.2 Å². The van der Waals surface area contributed by atoms with Crippen LogP contribution < -0.4 is 11.1 Å². The van der Waals surface area contributed by atoms with E-state index in [-0.39, 0.29) is 12.1 Å². The molecule has 0 aliphatic carbocycles. The zero-order valence-corrected chi connectivity index (χ0v) is 19.6. The van der Waals surface area contributed by atoms with Crippen molar-refractivity contribution in [3.8, 4) is 16.8 Å². The molecule has 0 saturated heterocycles. The highest BCUT2D eigenvalue weighted by molar-refractivity contribution is 6.38. The molecular weight excluding hydrogens is 440 g/mol. The van der Waals surface area contributed by atoms with Crippen molar-refractivity contribution < 1.29 is 14.4 Å². The van der Waals surface area contributed by atoms with Gasteiger partial charge in [-0.2, -0.15) is 5.10 Å². The lowest BCUT2D eigenvalue weighted by Crippen LogP contribution is -2.47. The standard InChI is InChI=1S/C28H26N4O3/c1-18-8-6-7-11-23(18)21-12-14-22(15-13-21)32-25(16-19(2)31-32)28(35)30-24(26(33)27(29)34)17-20-9-4-3-5-10-20/h3-16,24H,17H2,1-2H3,(H2,29,34)(H,30,35). The Bertz CT molecular complexity index is 1380. The highest BCUT2D eigenvalue weighted by Gasteiger charge is 2.27. The number of hydrogen-bond acceptors (Lipinski definition) is 4. The lowest BCUT2D eigenvalue weighted by molar-refractivity contribution is -0.137. The van der Waals surface area contributed by atoms with Gasteiger partial charge in [0.2, 0.25) is 5.78 Å². The molecular formula is C28H26N4O3. The van der Waals surface area contributed by atoms with Gasteiger partial charge in [0.25, 0.3) is 11.8 Å². The molecule has 0 spiro atoms. The summed E-state index contributed by atoms with van der Waals surface area (Å²) in [6.45, 7) is 3.84. The van der Waals surface area contributed by atoms with Gasteiger partial charge in [-0.25, -0.2) is 4.68 Å². The summed E-state index contributed by atoms with van der Waals surface area (Å²) < 4.78 is 1.53. The molecule has 1 unspecified atom stereocenters. The van der Waals surface area contributed by atoms with Gasteiger partial charge in [-0.1, -0.05) is 66.7 Å². The van der Waals surface area contributed by atoms with Crippen LogP contribution in [0, 0.1) is 13.8 Å². The molecule has 35 heavy (non-hydrogen) atoms. The zero-order valence-electron chi connectivity index (χ0n) is 19.6. The van der Waals surface area contributed by atoms with Gasteiger partial charge >= 0.3 is 0 Å². The Balaban J connectivity index is 1.61. The fraction of sp³-hybridized carbons (Fsp3) is 0.143. The van der Waals surface area contributed by atoms with Crippen molar-refractivity contribution in [2.45, 2.75) is 26.3 Å². The van der Waals surface area contributed by atoms with Gasteiger partial charge in [-0.15, -0.1) is 0 Å². The monoisotopic (exact) mass is 466 g/mol. The zero-order chi connectivity index (χ0) is 24.9. The molecule has 176 valence electrons. The lowest BCUT2D eigenvalue weighted by atomic mass is 10.0. The topological polar surface area (TPSA) is 107 Å². The third-order valence-corrected chi connectivity index (χ3v) is 5.78. The van der Waals surface area contributed by atoms with E-state index in [2.05, 4.69) is 29.5 Å². The van der Waals surface area contributed by atoms with Crippen molar-refractivity contribution >= 4 is 17.6 Å². The van der Waals surface area contributed by atoms with E-state index in [9.17, 15) is 14.4 Å². The highest BCUT2D eigenvalue weighted by Crippen LogP contribution is 2.24. The Hall–Kier alpha value is -4.52. The summed E-state index contributed by atoms with van der Waals surface area (Å²) in [5.41, 5.74) is 11.0. The lowest BCUT2D eigenvalue weighted by Gasteiger charge is -2.17. The molecule has 0 saturated carbocycles. The largest absolute Gasteiger partial charge is 0.363 e. The van der Waals surface area contributed by atoms with Crippen molar-refractivity contribution in [2.75, 3.05) is 0 Å². The molecule has 7 nitrogen and oxygen atoms in total. The summed E-state index contributed by atoms with van der Waals surface area (Å²) in [6.07, 6.45) is 0.145. The minimum Gasteiger partial charge on any atom is -0.363 e. The summed E-state index contributed by atoms with van der Waals surface area (Å²) >= 11 is 0. The molecule has 0 aliphatic heterocycles. The second-order valence-corrected chi connectivity index (χ2v) is 8.39. The number of rotatable bonds is 8. The van der Waals surface area contributed by atoms with E-state index in [4.69, 9.17) is 5.73 Å². The SMILES string of the molecule is Cc1cc(C(=O)NC(Cc2ccccc2)C(=O)C(N)=O)n(-c2ccc(-c3ccccc3C)cc2)n1. The van der Waals surface area contributed by atoms with Gasteiger partial charge in [-0.05, 0) is 54.3 Å². The van der Waals surface area contributed by atoms with Crippen LogP contribution in [0.4, 0.5) is 0 Å². The molecule has 0 fully saturated rings. The first-order valence-electron chi connectivity index (χ1n) is 11.2. The highest BCUT2D eigenvalue weighted by atomic mass is 16.2. The Kier molecular flexibility index (Phi) is 6.87. The minimum atomic E-state index is -1.09. The van der Waals surface area contributed by atoms with Crippen LogP contribution in [0.5, 0.6) is 0 Å². The summed E-state index contributed by atoms with van der Waals surface area (Å²) in [6, 6.07) is 25.5. The predicted octanol–water partition coefficient (Wildman–Crippen LogP) is 3.55. The van der Waals surface area contributed by atoms with Crippen molar-refractivity contribution in [1.29, 1.82) is 0 Å². The van der Waals surface area contributed by atoms with Crippen LogP contribution in [0.15, 0.2) is 84.9 Å². The van der Waals surface area contributed by atoms with Gasteiger partial charge in [-0.3, -0.25) is 14.4 Å². The van der Waals surface area contributed by atoms with E-state index in [0.717, 1.165) is 16.7 Å². The minimum absolute atomic E-state index is 0.145. The number of primary amides is 1. The number of ketones is 1. The van der Waals surface area contributed by atoms with Crippen LogP contribution in [-0.4, -0.2) is 33.4 Å². The molecule has 7 heteroatoms. The number of Topliss-reactive ketones (excluding diaryl/α,β-unsaturated/α-hetero) is 1. The molecule has 1 aromatic heterocycles. The number of carbonyl (C=O) groups is 3. The maximum atomic E-state index is 13.2. The fourth-order valence-corrected chi connectivity index (χ4v) is 4.00. The van der Waals surface area contributed by atoms with E-state index in [1.807, 2.05) is 66.7 Å². The van der Waals surface area contributed by atoms with E-state index in [0.29, 0.717) is 11.4 Å². The first kappa shape index (κ1) is 23.6. The van der Waals surface area contributed by atoms with Crippen molar-refractivity contribution in [3.63, 3.8) is 0 Å². The molecule has 1 heterocycles. The molecule has 3 aromatic carbocycles. The average Bonchev–Trinajstić information content (AvgIpc) is 3.26. The Morgan fingerprint density at radius 1 is 0.914 bits per heavy atom. The third-order valence-electron chi connectivity index (χ3n) is 5.78. The van der Waals surface area contributed by atoms with Crippen LogP contribution >= 0.6 is 0 Å². The fourth-order valence-electron chi connectivity index (χ4n) is 4.00. The predicted molar refractivity (Wildman–Crippen MR) is 134 cm³/mol. The van der Waals surface area contributed by atoms with Crippen LogP contribution in [0.3, 0.4) is 0 Å². The molecule has 0 bridgehead atoms. The van der Waals surface area contributed by atoms with Gasteiger partial charge in [0.05, 0.1) is 11.4 Å². The smallest absolute Gasteiger partial charge is 0.287 e. The van der Waals surface area contributed by atoms with Crippen LogP contribution in [0.25, 0.3) is 16.8 Å². The molecule has 3 N–H and O–H groups in total. The van der Waals surface area contributed by atoms with Gasteiger partial charge in [0.1, 0.15) is 11.7 Å². The summed E-state index contributed by atoms with van der Waals surface area (Å²) in [5.74, 6) is -2.47. The maximum absolute atomic E-state index is 13.2. The molecule has 4 aromatic rings. The number of carbonyl (C=O) groups excluding carboxylic acids is 3. The van der Waals surface area contributed by atoms with Crippen LogP contribution in [0.1, 0.15) is 27.3 Å². The molecule has 0 radical (unpaired) electrons. The van der Waals surface area contributed by atoms with Crippen molar-refractivity contribution in [1.82, 2.24) is 15.1 Å². The van der Waals surface area contributed by atoms with E-state index >= 15 is 0 Å². The quantitative estimate of drug-likeness (QED) is 0.387. The Morgan fingerprint density at radius 2 is 1.57 bits per heavy atom. The number of nitrogens with one attached hydrogen (secondary N) is 1. The summed E-state index contributed by atoms with van der Waals surface area (Å²) in [4.78, 5) is 37.3. The second-order valence-electron chi connectivity index (χ2n) is 8.39. The van der Waals surface area contributed by atoms with Crippen molar-refractivity contribution in [3.05, 3.63) is 107 Å². The van der Waals surface area contributed by atoms with Crippen molar-refractivity contribution in [2.24, 2.45) is 5.73 Å². The van der Waals surface area contributed by atoms with Gasteiger partial charge in [0, 0.05) is 6.42 Å². The summed E-state index contributed by atoms with van der Waals surface area (Å²) in [7, 11) is 0. The average molecular weight is 467 g/mol. The number of amides is 2. The number of hydrogen-bond donors (Lipinski definition) is 2. The first-order chi connectivity index (χ1) is 16.8. The molecule has 2 amide bonds. The van der Waals surface area contributed by atoms with Gasteiger partial charge in [0.15, 0.2) is 0 Å². The van der Waals surface area contributed by atoms with Crippen LogP contribution in [-0.2, 0) is 16.0 Å². The Labute approximate surface area is 203 Å². The van der Waals surface area contributed by atoms with E-state index in [1.54, 1.807) is 13.0 Å². The van der Waals surface area contributed by atoms with E-state index < -0.39 is 23.6 Å². The number of benzene rings is 3. The number of aromatic nitrogens is 2. The normalized spacial score (nSPS) is 11.6. The third kappa shape index (κ3) is 5.35. The number of nitrogens with zero attached hydrogens (tertiary/aromatic N) is 2.